The second-order valence-corrected chi connectivity index (χ2v) is 6.03. The molecule has 0 aromatic rings. The zero-order chi connectivity index (χ0) is 11.3. The highest BCUT2D eigenvalue weighted by atomic mass is 32.2. The van der Waals surface area contributed by atoms with Gasteiger partial charge in [-0.05, 0) is 18.8 Å². The third kappa shape index (κ3) is 5.49. The maximum Gasteiger partial charge on any atom is 0.211 e. The van der Waals surface area contributed by atoms with Crippen molar-refractivity contribution >= 4 is 10.0 Å². The van der Waals surface area contributed by atoms with Crippen LogP contribution in [0.4, 0.5) is 0 Å². The van der Waals surface area contributed by atoms with E-state index in [1.54, 1.807) is 0 Å². The fourth-order valence-corrected chi connectivity index (χ4v) is 2.42. The van der Waals surface area contributed by atoms with E-state index in [0.29, 0.717) is 0 Å². The van der Waals surface area contributed by atoms with Crippen molar-refractivity contribution in [2.75, 3.05) is 12.4 Å². The molecule has 4 nitrogen and oxygen atoms in total. The first-order chi connectivity index (χ1) is 7.01. The fraction of sp³-hybridized carbons (Fsp3) is 1.00. The van der Waals surface area contributed by atoms with Gasteiger partial charge < -0.3 is 4.74 Å². The molecule has 1 aliphatic carbocycles. The lowest BCUT2D eigenvalue weighted by molar-refractivity contribution is 0.0209. The Kier molecular flexibility index (Phi) is 5.02. The van der Waals surface area contributed by atoms with Crippen LogP contribution in [-0.2, 0) is 14.8 Å². The normalized spacial score (nSPS) is 27.9. The van der Waals surface area contributed by atoms with Crippen LogP contribution in [0.3, 0.4) is 0 Å². The third-order valence-electron chi connectivity index (χ3n) is 3.03. The van der Waals surface area contributed by atoms with Gasteiger partial charge in [0.05, 0.1) is 18.5 Å². The van der Waals surface area contributed by atoms with E-state index in [0.717, 1.165) is 18.8 Å². The van der Waals surface area contributed by atoms with Crippen LogP contribution in [0.1, 0.15) is 39.0 Å². The molecular weight excluding hydrogens is 214 g/mol. The van der Waals surface area contributed by atoms with Crippen LogP contribution in [0.25, 0.3) is 0 Å². The molecule has 5 heteroatoms. The standard InChI is InChI=1S/C10H21NO3S/c1-2-9-4-3-5-10(8-9)14-6-7-15(11,12)13/h9-10H,2-8H2,1H3,(H2,11,12,13). The molecule has 2 atom stereocenters. The summed E-state index contributed by atoms with van der Waals surface area (Å²) in [6.45, 7) is 2.43. The second-order valence-electron chi connectivity index (χ2n) is 4.30. The molecule has 0 aromatic heterocycles. The lowest BCUT2D eigenvalue weighted by atomic mass is 9.85. The lowest BCUT2D eigenvalue weighted by Gasteiger charge is -2.28. The largest absolute Gasteiger partial charge is 0.377 e. The van der Waals surface area contributed by atoms with Crippen molar-refractivity contribution in [1.29, 1.82) is 0 Å². The van der Waals surface area contributed by atoms with E-state index >= 15 is 0 Å². The summed E-state index contributed by atoms with van der Waals surface area (Å²) < 4.78 is 26.9. The first-order valence-electron chi connectivity index (χ1n) is 5.63. The Hall–Kier alpha value is -0.130. The summed E-state index contributed by atoms with van der Waals surface area (Å²) in [6, 6.07) is 0. The van der Waals surface area contributed by atoms with Crippen LogP contribution in [0, 0.1) is 5.92 Å². The first kappa shape index (κ1) is 12.9. The van der Waals surface area contributed by atoms with Crippen LogP contribution in [0.15, 0.2) is 0 Å². The zero-order valence-corrected chi connectivity index (χ0v) is 10.1. The topological polar surface area (TPSA) is 69.4 Å². The summed E-state index contributed by atoms with van der Waals surface area (Å²) in [5.41, 5.74) is 0. The minimum Gasteiger partial charge on any atom is -0.377 e. The number of ether oxygens (including phenoxy) is 1. The summed E-state index contributed by atoms with van der Waals surface area (Å²) in [5.74, 6) is 0.679. The van der Waals surface area contributed by atoms with Crippen molar-refractivity contribution in [2.45, 2.75) is 45.1 Å². The SMILES string of the molecule is CCC1CCCC(OCCS(N)(=O)=O)C1. The van der Waals surface area contributed by atoms with Gasteiger partial charge in [-0.1, -0.05) is 26.2 Å². The van der Waals surface area contributed by atoms with Crippen molar-refractivity contribution in [3.63, 3.8) is 0 Å². The molecule has 0 heterocycles. The number of sulfonamides is 1. The van der Waals surface area contributed by atoms with Crippen molar-refractivity contribution < 1.29 is 13.2 Å². The number of hydrogen-bond acceptors (Lipinski definition) is 3. The maximum atomic E-state index is 10.7. The van der Waals surface area contributed by atoms with Crippen LogP contribution < -0.4 is 5.14 Å². The van der Waals surface area contributed by atoms with E-state index < -0.39 is 10.0 Å². The smallest absolute Gasteiger partial charge is 0.211 e. The molecule has 0 amide bonds. The van der Waals surface area contributed by atoms with Gasteiger partial charge in [-0.25, -0.2) is 13.6 Å². The van der Waals surface area contributed by atoms with Gasteiger partial charge in [-0.15, -0.1) is 0 Å². The highest BCUT2D eigenvalue weighted by molar-refractivity contribution is 7.89. The van der Waals surface area contributed by atoms with Crippen molar-refractivity contribution in [2.24, 2.45) is 11.1 Å². The summed E-state index contributed by atoms with van der Waals surface area (Å²) in [4.78, 5) is 0. The van der Waals surface area contributed by atoms with E-state index in [-0.39, 0.29) is 18.5 Å². The molecule has 0 saturated heterocycles. The van der Waals surface area contributed by atoms with Crippen LogP contribution in [0.2, 0.25) is 0 Å². The highest BCUT2D eigenvalue weighted by Gasteiger charge is 2.21. The Morgan fingerprint density at radius 3 is 2.73 bits per heavy atom. The Balaban J connectivity index is 2.21. The molecule has 90 valence electrons. The summed E-state index contributed by atoms with van der Waals surface area (Å²) in [6.07, 6.45) is 6.03. The minimum atomic E-state index is -3.37. The monoisotopic (exact) mass is 235 g/mol. The van der Waals surface area contributed by atoms with Crippen LogP contribution >= 0.6 is 0 Å². The Morgan fingerprint density at radius 1 is 1.40 bits per heavy atom. The van der Waals surface area contributed by atoms with Crippen molar-refractivity contribution in [3.05, 3.63) is 0 Å². The molecule has 1 aliphatic rings. The van der Waals surface area contributed by atoms with Gasteiger partial charge in [0.1, 0.15) is 0 Å². The molecule has 0 aromatic carbocycles. The van der Waals surface area contributed by atoms with E-state index in [4.69, 9.17) is 9.88 Å². The molecule has 1 fully saturated rings. The van der Waals surface area contributed by atoms with Gasteiger partial charge in [-0.2, -0.15) is 0 Å². The summed E-state index contributed by atoms with van der Waals surface area (Å²) in [7, 11) is -3.37. The molecule has 2 unspecified atom stereocenters. The average Bonchev–Trinajstić information content (AvgIpc) is 2.16. The second kappa shape index (κ2) is 5.82. The molecule has 0 bridgehead atoms. The molecule has 0 radical (unpaired) electrons. The van der Waals surface area contributed by atoms with Gasteiger partial charge >= 0.3 is 0 Å². The molecular formula is C10H21NO3S. The first-order valence-corrected chi connectivity index (χ1v) is 7.35. The van der Waals surface area contributed by atoms with Gasteiger partial charge in [0.15, 0.2) is 0 Å². The fourth-order valence-electron chi connectivity index (χ4n) is 2.09. The molecule has 0 aliphatic heterocycles. The number of nitrogens with two attached hydrogens (primary N) is 1. The minimum absolute atomic E-state index is 0.0692. The highest BCUT2D eigenvalue weighted by Crippen LogP contribution is 2.28. The Labute approximate surface area is 92.2 Å². The summed E-state index contributed by atoms with van der Waals surface area (Å²) in [5, 5.41) is 4.90. The predicted molar refractivity (Wildman–Crippen MR) is 60.0 cm³/mol. The van der Waals surface area contributed by atoms with E-state index in [1.807, 2.05) is 0 Å². The molecule has 0 spiro atoms. The van der Waals surface area contributed by atoms with Crippen molar-refractivity contribution in [3.8, 4) is 0 Å². The van der Waals surface area contributed by atoms with Crippen LogP contribution in [0.5, 0.6) is 0 Å². The van der Waals surface area contributed by atoms with E-state index in [9.17, 15) is 8.42 Å². The predicted octanol–water partition coefficient (Wildman–Crippen LogP) is 1.26. The Morgan fingerprint density at radius 2 is 2.13 bits per heavy atom. The van der Waals surface area contributed by atoms with Gasteiger partial charge in [0.25, 0.3) is 0 Å². The maximum absolute atomic E-state index is 10.7. The molecule has 1 rings (SSSR count). The van der Waals surface area contributed by atoms with Gasteiger partial charge in [0.2, 0.25) is 10.0 Å². The number of primary sulfonamides is 1. The third-order valence-corrected chi connectivity index (χ3v) is 3.77. The molecule has 1 saturated carbocycles. The van der Waals surface area contributed by atoms with Gasteiger partial charge in [-0.3, -0.25) is 0 Å². The summed E-state index contributed by atoms with van der Waals surface area (Å²) >= 11 is 0. The van der Waals surface area contributed by atoms with E-state index in [1.165, 1.54) is 19.3 Å². The average molecular weight is 235 g/mol. The number of rotatable bonds is 5. The zero-order valence-electron chi connectivity index (χ0n) is 9.31. The lowest BCUT2D eigenvalue weighted by Crippen LogP contribution is -2.27. The molecule has 2 N–H and O–H groups in total. The Bertz CT molecular complexity index is 276. The van der Waals surface area contributed by atoms with E-state index in [2.05, 4.69) is 6.92 Å². The molecule has 15 heavy (non-hydrogen) atoms. The van der Waals surface area contributed by atoms with Crippen molar-refractivity contribution in [1.82, 2.24) is 0 Å². The number of hydrogen-bond donors (Lipinski definition) is 1. The van der Waals surface area contributed by atoms with Crippen LogP contribution in [-0.4, -0.2) is 26.9 Å². The van der Waals surface area contributed by atoms with Gasteiger partial charge in [0, 0.05) is 0 Å². The quantitative estimate of drug-likeness (QED) is 0.780.